The zero-order valence-corrected chi connectivity index (χ0v) is 19.7. The number of benzene rings is 3. The van der Waals surface area contributed by atoms with Gasteiger partial charge in [0.1, 0.15) is 10.5 Å². The number of rotatable bonds is 6. The van der Waals surface area contributed by atoms with Crippen LogP contribution in [0.25, 0.3) is 6.08 Å². The van der Waals surface area contributed by atoms with Crippen molar-refractivity contribution >= 4 is 51.3 Å². The molecule has 0 aliphatic carbocycles. The zero-order valence-electron chi connectivity index (χ0n) is 18.1. The quantitative estimate of drug-likeness (QED) is 0.303. The number of carbonyl (C=O) groups excluding carboxylic acids is 3. The van der Waals surface area contributed by atoms with Crippen LogP contribution >= 0.6 is 11.6 Å². The molecular formula is C24H17ClN2O7S. The van der Waals surface area contributed by atoms with Gasteiger partial charge in [-0.25, -0.2) is 9.69 Å². The second-order valence-electron chi connectivity index (χ2n) is 7.20. The maximum atomic E-state index is 13.0. The maximum absolute atomic E-state index is 13.0. The molecule has 35 heavy (non-hydrogen) atoms. The predicted octanol–water partition coefficient (Wildman–Crippen LogP) is 3.78. The highest BCUT2D eigenvalue weighted by Gasteiger charge is 2.37. The third kappa shape index (κ3) is 5.03. The Labute approximate surface area is 205 Å². The molecule has 3 aromatic rings. The standard InChI is InChI=1S/C24H17ClN2O7S/c1-33-21-13-15(10-11-20(21)34-35(31,32)18-8-3-2-4-9-18)12-19-22(28)26-24(30)27(23(19)29)17-7-5-6-16(25)14-17/h2-14H,1H3,(H,26,28,30)/b19-12+. The van der Waals surface area contributed by atoms with Crippen LogP contribution in [0.1, 0.15) is 5.56 Å². The van der Waals surface area contributed by atoms with Crippen molar-refractivity contribution in [3.63, 3.8) is 0 Å². The van der Waals surface area contributed by atoms with E-state index in [1.807, 2.05) is 0 Å². The van der Waals surface area contributed by atoms with Crippen molar-refractivity contribution in [3.8, 4) is 11.5 Å². The molecule has 1 aliphatic rings. The molecule has 1 heterocycles. The number of nitrogens with zero attached hydrogens (tertiary/aromatic N) is 1. The van der Waals surface area contributed by atoms with E-state index in [1.54, 1.807) is 30.3 Å². The molecule has 0 saturated carbocycles. The first-order chi connectivity index (χ1) is 16.7. The lowest BCUT2D eigenvalue weighted by Gasteiger charge is -2.26. The summed E-state index contributed by atoms with van der Waals surface area (Å²) in [5.74, 6) is -1.78. The molecule has 9 nitrogen and oxygen atoms in total. The fourth-order valence-electron chi connectivity index (χ4n) is 3.27. The molecule has 1 fully saturated rings. The highest BCUT2D eigenvalue weighted by molar-refractivity contribution is 7.87. The normalized spacial score (nSPS) is 15.2. The number of hydrogen-bond donors (Lipinski definition) is 1. The Morgan fingerprint density at radius 1 is 0.914 bits per heavy atom. The van der Waals surface area contributed by atoms with Crippen molar-refractivity contribution in [1.29, 1.82) is 0 Å². The Morgan fingerprint density at radius 3 is 2.34 bits per heavy atom. The largest absolute Gasteiger partial charge is 0.493 e. The van der Waals surface area contributed by atoms with Crippen LogP contribution in [0, 0.1) is 0 Å². The Kier molecular flexibility index (Phi) is 6.59. The van der Waals surface area contributed by atoms with Gasteiger partial charge in [-0.3, -0.25) is 14.9 Å². The van der Waals surface area contributed by atoms with Gasteiger partial charge in [-0.2, -0.15) is 8.42 Å². The third-order valence-electron chi connectivity index (χ3n) is 4.90. The van der Waals surface area contributed by atoms with Gasteiger partial charge in [-0.1, -0.05) is 41.9 Å². The van der Waals surface area contributed by atoms with Crippen LogP contribution in [0.5, 0.6) is 11.5 Å². The van der Waals surface area contributed by atoms with Gasteiger partial charge in [-0.15, -0.1) is 0 Å². The lowest BCUT2D eigenvalue weighted by Crippen LogP contribution is -2.54. The molecule has 11 heteroatoms. The summed E-state index contributed by atoms with van der Waals surface area (Å²) in [6, 6.07) is 16.9. The number of carbonyl (C=O) groups is 3. The molecule has 1 aliphatic heterocycles. The second-order valence-corrected chi connectivity index (χ2v) is 9.18. The first-order valence-electron chi connectivity index (χ1n) is 10.0. The predicted molar refractivity (Wildman–Crippen MR) is 128 cm³/mol. The molecule has 0 atom stereocenters. The average molecular weight is 513 g/mol. The van der Waals surface area contributed by atoms with Gasteiger partial charge in [0.15, 0.2) is 11.5 Å². The number of methoxy groups -OCH3 is 1. The average Bonchev–Trinajstić information content (AvgIpc) is 2.83. The molecule has 4 amide bonds. The monoisotopic (exact) mass is 512 g/mol. The zero-order chi connectivity index (χ0) is 25.2. The fourth-order valence-corrected chi connectivity index (χ4v) is 4.42. The first-order valence-corrected chi connectivity index (χ1v) is 11.8. The van der Waals surface area contributed by atoms with E-state index in [9.17, 15) is 22.8 Å². The second kappa shape index (κ2) is 9.61. The maximum Gasteiger partial charge on any atom is 0.339 e. The number of amides is 4. The number of hydrogen-bond acceptors (Lipinski definition) is 7. The molecule has 1 N–H and O–H groups in total. The van der Waals surface area contributed by atoms with Gasteiger partial charge in [0, 0.05) is 5.02 Å². The smallest absolute Gasteiger partial charge is 0.339 e. The minimum absolute atomic E-state index is 0.0384. The van der Waals surface area contributed by atoms with Crippen LogP contribution < -0.4 is 19.1 Å². The van der Waals surface area contributed by atoms with Crippen LogP contribution in [-0.2, 0) is 19.7 Å². The number of anilines is 1. The minimum Gasteiger partial charge on any atom is -0.493 e. The van der Waals surface area contributed by atoms with Crippen LogP contribution in [-0.4, -0.2) is 33.4 Å². The summed E-state index contributed by atoms with van der Waals surface area (Å²) in [6.07, 6.45) is 1.25. The highest BCUT2D eigenvalue weighted by atomic mass is 35.5. The molecule has 0 bridgehead atoms. The van der Waals surface area contributed by atoms with Crippen molar-refractivity contribution in [1.82, 2.24) is 5.32 Å². The summed E-state index contributed by atoms with van der Waals surface area (Å²) in [6.45, 7) is 0. The van der Waals surface area contributed by atoms with E-state index < -0.39 is 28.0 Å². The number of halogens is 1. The summed E-state index contributed by atoms with van der Waals surface area (Å²) < 4.78 is 35.6. The van der Waals surface area contributed by atoms with Crippen molar-refractivity contribution in [3.05, 3.63) is 89.0 Å². The van der Waals surface area contributed by atoms with E-state index in [2.05, 4.69) is 5.32 Å². The topological polar surface area (TPSA) is 119 Å². The number of nitrogens with one attached hydrogen (secondary N) is 1. The van der Waals surface area contributed by atoms with E-state index in [0.717, 1.165) is 4.90 Å². The number of barbiturate groups is 1. The summed E-state index contributed by atoms with van der Waals surface area (Å²) in [5.41, 5.74) is 0.188. The van der Waals surface area contributed by atoms with Crippen molar-refractivity contribution in [2.45, 2.75) is 4.90 Å². The number of ether oxygens (including phenoxy) is 1. The van der Waals surface area contributed by atoms with E-state index in [-0.39, 0.29) is 27.7 Å². The lowest BCUT2D eigenvalue weighted by molar-refractivity contribution is -0.122. The van der Waals surface area contributed by atoms with E-state index in [0.29, 0.717) is 10.6 Å². The summed E-state index contributed by atoms with van der Waals surface area (Å²) in [5, 5.41) is 2.42. The molecule has 0 unspecified atom stereocenters. The summed E-state index contributed by atoms with van der Waals surface area (Å²) in [7, 11) is -2.81. The number of imide groups is 2. The first kappa shape index (κ1) is 24.0. The molecule has 1 saturated heterocycles. The van der Waals surface area contributed by atoms with Gasteiger partial charge in [0.2, 0.25) is 0 Å². The fraction of sp³-hybridized carbons (Fsp3) is 0.0417. The van der Waals surface area contributed by atoms with Crippen molar-refractivity contribution in [2.24, 2.45) is 0 Å². The lowest BCUT2D eigenvalue weighted by atomic mass is 10.1. The molecule has 4 rings (SSSR count). The Bertz CT molecular complexity index is 1470. The van der Waals surface area contributed by atoms with Gasteiger partial charge in [-0.05, 0) is 54.1 Å². The van der Waals surface area contributed by atoms with Gasteiger partial charge in [0.05, 0.1) is 12.8 Å². The molecular weight excluding hydrogens is 496 g/mol. The molecule has 0 radical (unpaired) electrons. The van der Waals surface area contributed by atoms with Gasteiger partial charge in [0.25, 0.3) is 11.8 Å². The van der Waals surface area contributed by atoms with Crippen LogP contribution in [0.4, 0.5) is 10.5 Å². The number of urea groups is 1. The molecule has 178 valence electrons. The van der Waals surface area contributed by atoms with E-state index in [4.69, 9.17) is 20.5 Å². The summed E-state index contributed by atoms with van der Waals surface area (Å²) in [4.78, 5) is 38.5. The van der Waals surface area contributed by atoms with Crippen LogP contribution in [0.2, 0.25) is 5.02 Å². The highest BCUT2D eigenvalue weighted by Crippen LogP contribution is 2.32. The SMILES string of the molecule is COc1cc(/C=C2\C(=O)NC(=O)N(c3cccc(Cl)c3)C2=O)ccc1OS(=O)(=O)c1ccccc1. The van der Waals surface area contributed by atoms with Crippen LogP contribution in [0.15, 0.2) is 83.3 Å². The Hall–Kier alpha value is -4.15. The van der Waals surface area contributed by atoms with E-state index >= 15 is 0 Å². The van der Waals surface area contributed by atoms with Crippen LogP contribution in [0.3, 0.4) is 0 Å². The molecule has 0 spiro atoms. The Morgan fingerprint density at radius 2 is 1.66 bits per heavy atom. The third-order valence-corrected chi connectivity index (χ3v) is 6.38. The minimum atomic E-state index is -4.12. The van der Waals surface area contributed by atoms with Gasteiger partial charge >= 0.3 is 16.1 Å². The van der Waals surface area contributed by atoms with Gasteiger partial charge < -0.3 is 8.92 Å². The Balaban J connectivity index is 1.66. The van der Waals surface area contributed by atoms with Crippen molar-refractivity contribution in [2.75, 3.05) is 12.0 Å². The summed E-state index contributed by atoms with van der Waals surface area (Å²) >= 11 is 5.97. The molecule has 0 aromatic heterocycles. The van der Waals surface area contributed by atoms with E-state index in [1.165, 1.54) is 55.7 Å². The van der Waals surface area contributed by atoms with Crippen molar-refractivity contribution < 1.29 is 31.7 Å². The molecule has 3 aromatic carbocycles.